The van der Waals surface area contributed by atoms with Crippen molar-refractivity contribution < 1.29 is 24.5 Å². The van der Waals surface area contributed by atoms with Gasteiger partial charge in [-0.15, -0.1) is 0 Å². The Hall–Kier alpha value is -1.73. The predicted octanol–water partition coefficient (Wildman–Crippen LogP) is 3.24. The molecule has 1 saturated heterocycles. The fourth-order valence-corrected chi connectivity index (χ4v) is 4.64. The van der Waals surface area contributed by atoms with Gasteiger partial charge in [0.25, 0.3) is 0 Å². The normalized spacial score (nSPS) is 28.0. The third kappa shape index (κ3) is 6.91. The first kappa shape index (κ1) is 22.9. The lowest BCUT2D eigenvalue weighted by Crippen LogP contribution is -2.46. The summed E-state index contributed by atoms with van der Waals surface area (Å²) in [5, 5.41) is 19.7. The van der Waals surface area contributed by atoms with E-state index in [0.717, 1.165) is 44.5 Å². The van der Waals surface area contributed by atoms with Crippen LogP contribution in [0.1, 0.15) is 44.1 Å². The Labute approximate surface area is 179 Å². The molecule has 0 radical (unpaired) electrons. The molecule has 30 heavy (non-hydrogen) atoms. The van der Waals surface area contributed by atoms with Crippen molar-refractivity contribution in [2.24, 2.45) is 5.92 Å². The van der Waals surface area contributed by atoms with Gasteiger partial charge in [-0.05, 0) is 31.2 Å². The van der Waals surface area contributed by atoms with E-state index in [4.69, 9.17) is 14.6 Å². The molecule has 2 N–H and O–H groups in total. The maximum absolute atomic E-state index is 10.9. The van der Waals surface area contributed by atoms with Crippen molar-refractivity contribution in [3.8, 4) is 0 Å². The van der Waals surface area contributed by atoms with E-state index in [1.54, 1.807) is 0 Å². The molecule has 0 bridgehead atoms. The summed E-state index contributed by atoms with van der Waals surface area (Å²) < 4.78 is 11.9. The van der Waals surface area contributed by atoms with Crippen LogP contribution in [0, 0.1) is 5.92 Å². The van der Waals surface area contributed by atoms with E-state index in [-0.39, 0.29) is 24.5 Å². The van der Waals surface area contributed by atoms with Crippen molar-refractivity contribution in [3.63, 3.8) is 0 Å². The second kappa shape index (κ2) is 12.2. The molecule has 0 aromatic heterocycles. The zero-order valence-electron chi connectivity index (χ0n) is 17.7. The molecule has 1 aliphatic carbocycles. The Morgan fingerprint density at radius 3 is 2.83 bits per heavy atom. The number of rotatable bonds is 10. The zero-order valence-corrected chi connectivity index (χ0v) is 17.7. The van der Waals surface area contributed by atoms with Gasteiger partial charge < -0.3 is 19.7 Å². The molecular formula is C24H35NO5. The van der Waals surface area contributed by atoms with Crippen LogP contribution in [0.15, 0.2) is 42.5 Å². The average molecular weight is 418 g/mol. The monoisotopic (exact) mass is 417 g/mol. The van der Waals surface area contributed by atoms with Crippen molar-refractivity contribution >= 4 is 5.97 Å². The lowest BCUT2D eigenvalue weighted by molar-refractivity contribution is -0.137. The van der Waals surface area contributed by atoms with Crippen molar-refractivity contribution in [3.05, 3.63) is 48.0 Å². The minimum Gasteiger partial charge on any atom is -0.481 e. The van der Waals surface area contributed by atoms with Gasteiger partial charge in [-0.1, -0.05) is 42.5 Å². The number of aliphatic hydroxyl groups is 1. The number of carboxylic acid groups (broad SMARTS) is 1. The number of benzene rings is 1. The van der Waals surface area contributed by atoms with Gasteiger partial charge in [-0.3, -0.25) is 9.69 Å². The third-order valence-corrected chi connectivity index (χ3v) is 6.11. The Kier molecular flexibility index (Phi) is 9.33. The Balaban J connectivity index is 1.63. The van der Waals surface area contributed by atoms with E-state index in [9.17, 15) is 9.90 Å². The van der Waals surface area contributed by atoms with E-state index in [2.05, 4.69) is 29.2 Å². The lowest BCUT2D eigenvalue weighted by atomic mass is 9.94. The van der Waals surface area contributed by atoms with E-state index >= 15 is 0 Å². The molecule has 1 aliphatic heterocycles. The highest BCUT2D eigenvalue weighted by Gasteiger charge is 2.45. The standard InChI is InChI=1S/C24H35NO5/c26-21-17-22(30-18-19-9-4-3-5-10-19)20(11-6-1-2-7-12-23(27)28)24(21)25-13-8-15-29-16-14-25/h1,3-6,9-10,20-22,24,26H,2,7-8,11-18H2,(H,27,28)/b6-1-/t20-,21+,22-,24+/m0/s1. The van der Waals surface area contributed by atoms with Crippen LogP contribution in [-0.2, 0) is 20.9 Å². The van der Waals surface area contributed by atoms with Gasteiger partial charge in [-0.25, -0.2) is 0 Å². The fourth-order valence-electron chi connectivity index (χ4n) is 4.64. The average Bonchev–Trinajstić information content (AvgIpc) is 2.90. The summed E-state index contributed by atoms with van der Waals surface area (Å²) in [5.74, 6) is -0.544. The van der Waals surface area contributed by atoms with Gasteiger partial charge in [-0.2, -0.15) is 0 Å². The molecule has 4 atom stereocenters. The molecule has 1 heterocycles. The molecule has 0 spiro atoms. The van der Waals surface area contributed by atoms with Crippen LogP contribution in [0.3, 0.4) is 0 Å². The maximum Gasteiger partial charge on any atom is 0.303 e. The SMILES string of the molecule is O=C(O)CCC/C=C\C[C@@H]1[C@@H](N2CCCOCC2)[C@H](O)C[C@@H]1OCc1ccccc1. The van der Waals surface area contributed by atoms with Gasteiger partial charge in [0.05, 0.1) is 25.4 Å². The number of unbranched alkanes of at least 4 members (excludes halogenated alkanes) is 1. The number of hydrogen-bond donors (Lipinski definition) is 2. The summed E-state index contributed by atoms with van der Waals surface area (Å²) in [4.78, 5) is 13.1. The highest BCUT2D eigenvalue weighted by molar-refractivity contribution is 5.66. The van der Waals surface area contributed by atoms with Gasteiger partial charge >= 0.3 is 5.97 Å². The minimum atomic E-state index is -0.750. The van der Waals surface area contributed by atoms with Crippen LogP contribution >= 0.6 is 0 Å². The van der Waals surface area contributed by atoms with Crippen LogP contribution in [0.25, 0.3) is 0 Å². The van der Waals surface area contributed by atoms with Crippen LogP contribution in [0.4, 0.5) is 0 Å². The van der Waals surface area contributed by atoms with Crippen molar-refractivity contribution in [2.75, 3.05) is 26.3 Å². The molecule has 0 unspecified atom stereocenters. The molecule has 1 aromatic carbocycles. The molecule has 0 amide bonds. The summed E-state index contributed by atoms with van der Waals surface area (Å²) in [6, 6.07) is 10.2. The largest absolute Gasteiger partial charge is 0.481 e. The van der Waals surface area contributed by atoms with Gasteiger partial charge in [0, 0.05) is 44.5 Å². The first-order chi connectivity index (χ1) is 14.6. The van der Waals surface area contributed by atoms with Gasteiger partial charge in [0.15, 0.2) is 0 Å². The Bertz CT molecular complexity index is 657. The molecule has 2 fully saturated rings. The number of allylic oxidation sites excluding steroid dienone is 2. The van der Waals surface area contributed by atoms with Gasteiger partial charge in [0.2, 0.25) is 0 Å². The number of nitrogens with zero attached hydrogens (tertiary/aromatic N) is 1. The number of carbonyl (C=O) groups is 1. The predicted molar refractivity (Wildman–Crippen MR) is 115 cm³/mol. The first-order valence-corrected chi connectivity index (χ1v) is 11.2. The highest BCUT2D eigenvalue weighted by atomic mass is 16.5. The fraction of sp³-hybridized carbons (Fsp3) is 0.625. The topological polar surface area (TPSA) is 79.2 Å². The van der Waals surface area contributed by atoms with Crippen LogP contribution in [0.2, 0.25) is 0 Å². The molecule has 6 nitrogen and oxygen atoms in total. The summed E-state index contributed by atoms with van der Waals surface area (Å²) in [7, 11) is 0. The minimum absolute atomic E-state index is 0.00181. The van der Waals surface area contributed by atoms with Crippen molar-refractivity contribution in [1.82, 2.24) is 4.90 Å². The number of carboxylic acids is 1. The second-order valence-corrected chi connectivity index (χ2v) is 8.29. The molecular weight excluding hydrogens is 382 g/mol. The third-order valence-electron chi connectivity index (χ3n) is 6.11. The summed E-state index contributed by atoms with van der Waals surface area (Å²) in [6.45, 7) is 3.81. The van der Waals surface area contributed by atoms with E-state index in [0.29, 0.717) is 26.1 Å². The first-order valence-electron chi connectivity index (χ1n) is 11.2. The van der Waals surface area contributed by atoms with Crippen LogP contribution in [-0.4, -0.2) is 65.6 Å². The summed E-state index contributed by atoms with van der Waals surface area (Å²) in [6.07, 6.45) is 7.88. The summed E-state index contributed by atoms with van der Waals surface area (Å²) in [5.41, 5.74) is 1.14. The van der Waals surface area contributed by atoms with Gasteiger partial charge in [0.1, 0.15) is 0 Å². The van der Waals surface area contributed by atoms with E-state index in [1.165, 1.54) is 0 Å². The number of aliphatic carboxylic acids is 1. The van der Waals surface area contributed by atoms with Crippen LogP contribution in [0.5, 0.6) is 0 Å². The smallest absolute Gasteiger partial charge is 0.303 e. The van der Waals surface area contributed by atoms with Crippen molar-refractivity contribution in [1.29, 1.82) is 0 Å². The highest BCUT2D eigenvalue weighted by Crippen LogP contribution is 2.36. The molecule has 6 heteroatoms. The zero-order chi connectivity index (χ0) is 21.2. The number of hydrogen-bond acceptors (Lipinski definition) is 5. The Morgan fingerprint density at radius 1 is 1.20 bits per heavy atom. The summed E-state index contributed by atoms with van der Waals surface area (Å²) >= 11 is 0. The molecule has 166 valence electrons. The van der Waals surface area contributed by atoms with Crippen LogP contribution < -0.4 is 0 Å². The Morgan fingerprint density at radius 2 is 2.03 bits per heavy atom. The second-order valence-electron chi connectivity index (χ2n) is 8.29. The van der Waals surface area contributed by atoms with E-state index in [1.807, 2.05) is 18.2 Å². The lowest BCUT2D eigenvalue weighted by Gasteiger charge is -2.34. The molecule has 2 aliphatic rings. The number of aliphatic hydroxyl groups excluding tert-OH is 1. The van der Waals surface area contributed by atoms with E-state index < -0.39 is 12.1 Å². The quantitative estimate of drug-likeness (QED) is 0.449. The van der Waals surface area contributed by atoms with Crippen molar-refractivity contribution in [2.45, 2.75) is 63.4 Å². The molecule has 1 saturated carbocycles. The maximum atomic E-state index is 10.9. The molecule has 3 rings (SSSR count). The number of ether oxygens (including phenoxy) is 2. The molecule has 1 aromatic rings.